The third-order valence-electron chi connectivity index (χ3n) is 3.11. The molecule has 1 atom stereocenters. The van der Waals surface area contributed by atoms with Gasteiger partial charge < -0.3 is 5.73 Å². The fourth-order valence-corrected chi connectivity index (χ4v) is 2.83. The number of anilines is 1. The van der Waals surface area contributed by atoms with E-state index in [-0.39, 0.29) is 0 Å². The second kappa shape index (κ2) is 5.74. The normalized spacial score (nSPS) is 12.9. The van der Waals surface area contributed by atoms with Gasteiger partial charge in [-0.3, -0.25) is 4.90 Å². The lowest BCUT2D eigenvalue weighted by Crippen LogP contribution is -2.21. The molecule has 2 rings (SSSR count). The fraction of sp³-hybridized carbons (Fsp3) is 0.286. The van der Waals surface area contributed by atoms with Crippen molar-refractivity contribution in [3.63, 3.8) is 0 Å². The summed E-state index contributed by atoms with van der Waals surface area (Å²) in [4.78, 5) is 3.67. The molecular weight excluding hydrogens is 264 g/mol. The minimum atomic E-state index is 0.405. The molecule has 0 fully saturated rings. The van der Waals surface area contributed by atoms with Gasteiger partial charge in [0.25, 0.3) is 0 Å². The zero-order valence-electron chi connectivity index (χ0n) is 10.6. The van der Waals surface area contributed by atoms with Crippen LogP contribution in [-0.2, 0) is 6.54 Å². The molecule has 1 aromatic carbocycles. The SMILES string of the molecule is CC(c1cccs1)N(C)Cc1ccc(Cl)c(N)c1. The first-order valence-corrected chi connectivity index (χ1v) is 7.11. The minimum absolute atomic E-state index is 0.405. The van der Waals surface area contributed by atoms with E-state index in [2.05, 4.69) is 36.4 Å². The summed E-state index contributed by atoms with van der Waals surface area (Å²) in [6.07, 6.45) is 0. The number of rotatable bonds is 4. The van der Waals surface area contributed by atoms with Crippen LogP contribution in [0.15, 0.2) is 35.7 Å². The van der Waals surface area contributed by atoms with Crippen LogP contribution in [0.2, 0.25) is 5.02 Å². The summed E-state index contributed by atoms with van der Waals surface area (Å²) in [5, 5.41) is 2.73. The molecule has 0 aliphatic heterocycles. The van der Waals surface area contributed by atoms with E-state index in [0.29, 0.717) is 16.8 Å². The van der Waals surface area contributed by atoms with Crippen molar-refractivity contribution in [3.05, 3.63) is 51.2 Å². The van der Waals surface area contributed by atoms with E-state index < -0.39 is 0 Å². The minimum Gasteiger partial charge on any atom is -0.398 e. The first-order valence-electron chi connectivity index (χ1n) is 5.85. The molecule has 2 N–H and O–H groups in total. The van der Waals surface area contributed by atoms with E-state index in [0.717, 1.165) is 6.54 Å². The molecule has 2 nitrogen and oxygen atoms in total. The van der Waals surface area contributed by atoms with Gasteiger partial charge in [-0.1, -0.05) is 23.7 Å². The molecule has 1 unspecified atom stereocenters. The van der Waals surface area contributed by atoms with E-state index in [9.17, 15) is 0 Å². The Morgan fingerprint density at radius 2 is 2.17 bits per heavy atom. The largest absolute Gasteiger partial charge is 0.398 e. The number of thiophene rings is 1. The Hall–Kier alpha value is -1.03. The Kier molecular flexibility index (Phi) is 4.27. The number of hydrogen-bond acceptors (Lipinski definition) is 3. The Labute approximate surface area is 117 Å². The van der Waals surface area contributed by atoms with Crippen LogP contribution in [0.25, 0.3) is 0 Å². The van der Waals surface area contributed by atoms with Crippen LogP contribution in [0.1, 0.15) is 23.4 Å². The molecular formula is C14H17ClN2S. The predicted molar refractivity (Wildman–Crippen MR) is 80.1 cm³/mol. The number of benzene rings is 1. The molecule has 0 aliphatic carbocycles. The number of nitrogens with two attached hydrogens (primary N) is 1. The van der Waals surface area contributed by atoms with Crippen molar-refractivity contribution in [2.45, 2.75) is 19.5 Å². The molecule has 2 aromatic rings. The molecule has 96 valence electrons. The van der Waals surface area contributed by atoms with Crippen LogP contribution in [0.3, 0.4) is 0 Å². The highest BCUT2D eigenvalue weighted by atomic mass is 35.5. The van der Waals surface area contributed by atoms with Crippen LogP contribution < -0.4 is 5.73 Å². The van der Waals surface area contributed by atoms with E-state index in [1.54, 1.807) is 11.3 Å². The molecule has 0 amide bonds. The van der Waals surface area contributed by atoms with Gasteiger partial charge in [0.15, 0.2) is 0 Å². The Morgan fingerprint density at radius 3 is 2.78 bits per heavy atom. The van der Waals surface area contributed by atoms with Gasteiger partial charge in [-0.15, -0.1) is 11.3 Å². The summed E-state index contributed by atoms with van der Waals surface area (Å²) in [5.74, 6) is 0. The van der Waals surface area contributed by atoms with E-state index >= 15 is 0 Å². The summed E-state index contributed by atoms with van der Waals surface area (Å²) >= 11 is 7.71. The first kappa shape index (κ1) is 13.4. The van der Waals surface area contributed by atoms with Gasteiger partial charge >= 0.3 is 0 Å². The van der Waals surface area contributed by atoms with Crippen molar-refractivity contribution in [2.75, 3.05) is 12.8 Å². The molecule has 0 bridgehead atoms. The lowest BCUT2D eigenvalue weighted by atomic mass is 10.1. The lowest BCUT2D eigenvalue weighted by molar-refractivity contribution is 0.256. The number of hydrogen-bond donors (Lipinski definition) is 1. The van der Waals surface area contributed by atoms with Crippen LogP contribution in [0.4, 0.5) is 5.69 Å². The Morgan fingerprint density at radius 1 is 1.39 bits per heavy atom. The molecule has 0 spiro atoms. The molecule has 1 heterocycles. The molecule has 4 heteroatoms. The Balaban J connectivity index is 2.06. The van der Waals surface area contributed by atoms with Gasteiger partial charge in [-0.05, 0) is 43.1 Å². The summed E-state index contributed by atoms with van der Waals surface area (Å²) in [7, 11) is 2.12. The number of nitrogen functional groups attached to an aromatic ring is 1. The summed E-state index contributed by atoms with van der Waals surface area (Å²) < 4.78 is 0. The third-order valence-corrected chi connectivity index (χ3v) is 4.50. The summed E-state index contributed by atoms with van der Waals surface area (Å²) in [5.41, 5.74) is 7.65. The van der Waals surface area contributed by atoms with Crippen molar-refractivity contribution < 1.29 is 0 Å². The highest BCUT2D eigenvalue weighted by Gasteiger charge is 2.13. The summed E-state index contributed by atoms with van der Waals surface area (Å²) in [6.45, 7) is 3.07. The Bertz CT molecular complexity index is 511. The first-order chi connectivity index (χ1) is 8.58. The van der Waals surface area contributed by atoms with Crippen LogP contribution >= 0.6 is 22.9 Å². The quantitative estimate of drug-likeness (QED) is 0.852. The zero-order valence-corrected chi connectivity index (χ0v) is 12.1. The average molecular weight is 281 g/mol. The second-order valence-corrected chi connectivity index (χ2v) is 5.85. The van der Waals surface area contributed by atoms with Crippen molar-refractivity contribution in [3.8, 4) is 0 Å². The topological polar surface area (TPSA) is 29.3 Å². The standard InChI is InChI=1S/C14H17ClN2S/c1-10(14-4-3-7-18-14)17(2)9-11-5-6-12(15)13(16)8-11/h3-8,10H,9,16H2,1-2H3. The van der Waals surface area contributed by atoms with Gasteiger partial charge in [0.2, 0.25) is 0 Å². The smallest absolute Gasteiger partial charge is 0.0635 e. The molecule has 18 heavy (non-hydrogen) atoms. The highest BCUT2D eigenvalue weighted by Crippen LogP contribution is 2.26. The maximum Gasteiger partial charge on any atom is 0.0635 e. The van der Waals surface area contributed by atoms with Crippen molar-refractivity contribution in [1.29, 1.82) is 0 Å². The molecule has 0 aliphatic rings. The van der Waals surface area contributed by atoms with Gasteiger partial charge in [0.1, 0.15) is 0 Å². The van der Waals surface area contributed by atoms with Crippen LogP contribution in [-0.4, -0.2) is 11.9 Å². The molecule has 1 aromatic heterocycles. The fourth-order valence-electron chi connectivity index (χ4n) is 1.86. The molecule has 0 saturated carbocycles. The van der Waals surface area contributed by atoms with Gasteiger partial charge in [-0.25, -0.2) is 0 Å². The highest BCUT2D eigenvalue weighted by molar-refractivity contribution is 7.10. The third kappa shape index (κ3) is 3.05. The predicted octanol–water partition coefficient (Wildman–Crippen LogP) is 4.18. The maximum atomic E-state index is 5.92. The molecule has 0 saturated heterocycles. The van der Waals surface area contributed by atoms with Crippen molar-refractivity contribution in [1.82, 2.24) is 4.90 Å². The zero-order chi connectivity index (χ0) is 13.1. The summed E-state index contributed by atoms with van der Waals surface area (Å²) in [6, 6.07) is 10.5. The van der Waals surface area contributed by atoms with E-state index in [1.165, 1.54) is 10.4 Å². The van der Waals surface area contributed by atoms with Gasteiger partial charge in [0.05, 0.1) is 10.7 Å². The van der Waals surface area contributed by atoms with Crippen molar-refractivity contribution >= 4 is 28.6 Å². The number of nitrogens with zero attached hydrogens (tertiary/aromatic N) is 1. The van der Waals surface area contributed by atoms with Crippen LogP contribution in [0.5, 0.6) is 0 Å². The second-order valence-electron chi connectivity index (χ2n) is 4.46. The van der Waals surface area contributed by atoms with E-state index in [1.807, 2.05) is 18.2 Å². The number of halogens is 1. The lowest BCUT2D eigenvalue weighted by Gasteiger charge is -2.24. The average Bonchev–Trinajstić information content (AvgIpc) is 2.86. The van der Waals surface area contributed by atoms with Crippen molar-refractivity contribution in [2.24, 2.45) is 0 Å². The maximum absolute atomic E-state index is 5.92. The van der Waals surface area contributed by atoms with Gasteiger partial charge in [0, 0.05) is 17.5 Å². The monoisotopic (exact) mass is 280 g/mol. The molecule has 0 radical (unpaired) electrons. The van der Waals surface area contributed by atoms with E-state index in [4.69, 9.17) is 17.3 Å². The van der Waals surface area contributed by atoms with Crippen LogP contribution in [0, 0.1) is 0 Å². The van der Waals surface area contributed by atoms with Gasteiger partial charge in [-0.2, -0.15) is 0 Å².